The average molecular weight is 351 g/mol. The van der Waals surface area contributed by atoms with E-state index in [0.717, 1.165) is 26.3 Å². The van der Waals surface area contributed by atoms with Gasteiger partial charge in [-0.25, -0.2) is 0 Å². The highest BCUT2D eigenvalue weighted by Crippen LogP contribution is 2.42. The predicted molar refractivity (Wildman–Crippen MR) is 101 cm³/mol. The van der Waals surface area contributed by atoms with E-state index in [9.17, 15) is 0 Å². The molecule has 0 aromatic carbocycles. The van der Waals surface area contributed by atoms with Crippen molar-refractivity contribution in [2.45, 2.75) is 89.5 Å². The summed E-state index contributed by atoms with van der Waals surface area (Å²) in [4.78, 5) is 5.30. The maximum absolute atomic E-state index is 6.67. The van der Waals surface area contributed by atoms with Crippen molar-refractivity contribution in [2.75, 3.05) is 39.4 Å². The molecule has 4 heteroatoms. The van der Waals surface area contributed by atoms with E-state index in [1.165, 1.54) is 58.0 Å². The van der Waals surface area contributed by atoms with Gasteiger partial charge < -0.3 is 9.47 Å². The first-order valence-corrected chi connectivity index (χ1v) is 10.7. The van der Waals surface area contributed by atoms with Crippen molar-refractivity contribution in [1.82, 2.24) is 9.80 Å². The second-order valence-corrected chi connectivity index (χ2v) is 9.73. The molecule has 144 valence electrons. The Morgan fingerprint density at radius 3 is 2.44 bits per heavy atom. The van der Waals surface area contributed by atoms with Crippen molar-refractivity contribution in [3.8, 4) is 0 Å². The quantitative estimate of drug-likeness (QED) is 0.777. The van der Waals surface area contributed by atoms with Crippen LogP contribution in [-0.2, 0) is 9.47 Å². The number of ether oxygens (including phenoxy) is 2. The molecule has 0 radical (unpaired) electrons. The van der Waals surface area contributed by atoms with Gasteiger partial charge in [0.25, 0.3) is 0 Å². The zero-order valence-corrected chi connectivity index (χ0v) is 16.6. The van der Waals surface area contributed by atoms with E-state index in [1.807, 2.05) is 0 Å². The van der Waals surface area contributed by atoms with E-state index in [1.54, 1.807) is 0 Å². The van der Waals surface area contributed by atoms with E-state index in [2.05, 4.69) is 30.6 Å². The Hall–Kier alpha value is -0.160. The van der Waals surface area contributed by atoms with Gasteiger partial charge in [-0.15, -0.1) is 0 Å². The van der Waals surface area contributed by atoms with Crippen molar-refractivity contribution >= 4 is 0 Å². The molecule has 0 aromatic rings. The number of rotatable bonds is 4. The van der Waals surface area contributed by atoms with Crippen molar-refractivity contribution in [2.24, 2.45) is 5.41 Å². The molecule has 0 amide bonds. The second-order valence-electron chi connectivity index (χ2n) is 9.73. The first-order valence-electron chi connectivity index (χ1n) is 10.7. The molecule has 0 N–H and O–H groups in total. The summed E-state index contributed by atoms with van der Waals surface area (Å²) in [6, 6.07) is 1.32. The predicted octanol–water partition coefficient (Wildman–Crippen LogP) is 3.30. The highest BCUT2D eigenvalue weighted by molar-refractivity contribution is 5.01. The lowest BCUT2D eigenvalue weighted by molar-refractivity contribution is -0.208. The summed E-state index contributed by atoms with van der Waals surface area (Å²) in [5, 5.41) is 0. The Bertz CT molecular complexity index is 455. The third-order valence-electron chi connectivity index (χ3n) is 7.54. The summed E-state index contributed by atoms with van der Waals surface area (Å²) in [6.07, 6.45) is 9.49. The fraction of sp³-hybridized carbons (Fsp3) is 1.00. The van der Waals surface area contributed by atoms with E-state index in [-0.39, 0.29) is 5.60 Å². The highest BCUT2D eigenvalue weighted by atomic mass is 16.5. The molecule has 2 spiro atoms. The molecular weight excluding hydrogens is 312 g/mol. The van der Waals surface area contributed by atoms with Gasteiger partial charge in [0, 0.05) is 44.9 Å². The normalized spacial score (nSPS) is 33.8. The first kappa shape index (κ1) is 18.2. The molecule has 4 rings (SSSR count). The second kappa shape index (κ2) is 7.10. The molecule has 4 aliphatic heterocycles. The Balaban J connectivity index is 1.27. The van der Waals surface area contributed by atoms with Crippen LogP contribution in [0.3, 0.4) is 0 Å². The van der Waals surface area contributed by atoms with Crippen LogP contribution in [-0.4, -0.2) is 73.0 Å². The molecule has 0 aromatic heterocycles. The highest BCUT2D eigenvalue weighted by Gasteiger charge is 2.48. The van der Waals surface area contributed by atoms with Crippen LogP contribution in [0.15, 0.2) is 0 Å². The van der Waals surface area contributed by atoms with Crippen LogP contribution in [0.2, 0.25) is 0 Å². The van der Waals surface area contributed by atoms with E-state index in [0.29, 0.717) is 23.6 Å². The summed E-state index contributed by atoms with van der Waals surface area (Å²) in [5.41, 5.74) is 0.757. The molecule has 0 bridgehead atoms. The Morgan fingerprint density at radius 1 is 0.960 bits per heavy atom. The number of hydrogen-bond acceptors (Lipinski definition) is 4. The number of nitrogens with zero attached hydrogens (tertiary/aromatic N) is 2. The molecular formula is C21H38N2O2. The Kier molecular flexibility index (Phi) is 5.18. The minimum absolute atomic E-state index is 0.194. The molecule has 2 unspecified atom stereocenters. The summed E-state index contributed by atoms with van der Waals surface area (Å²) < 4.78 is 12.3. The lowest BCUT2D eigenvalue weighted by atomic mass is 9.79. The van der Waals surface area contributed by atoms with Gasteiger partial charge in [0.1, 0.15) is 0 Å². The zero-order chi connectivity index (χ0) is 17.5. The van der Waals surface area contributed by atoms with E-state index in [4.69, 9.17) is 9.47 Å². The summed E-state index contributed by atoms with van der Waals surface area (Å²) in [5.74, 6) is 0. The van der Waals surface area contributed by atoms with Crippen LogP contribution in [0, 0.1) is 5.41 Å². The topological polar surface area (TPSA) is 24.9 Å². The van der Waals surface area contributed by atoms with Crippen LogP contribution in [0.4, 0.5) is 0 Å². The van der Waals surface area contributed by atoms with Crippen LogP contribution >= 0.6 is 0 Å². The van der Waals surface area contributed by atoms with Gasteiger partial charge in [0.15, 0.2) is 0 Å². The van der Waals surface area contributed by atoms with E-state index >= 15 is 0 Å². The van der Waals surface area contributed by atoms with Crippen molar-refractivity contribution in [1.29, 1.82) is 0 Å². The average Bonchev–Trinajstić information content (AvgIpc) is 2.97. The van der Waals surface area contributed by atoms with Crippen molar-refractivity contribution in [3.05, 3.63) is 0 Å². The summed E-state index contributed by atoms with van der Waals surface area (Å²) >= 11 is 0. The molecule has 4 aliphatic rings. The molecule has 25 heavy (non-hydrogen) atoms. The molecule has 2 atom stereocenters. The van der Waals surface area contributed by atoms with Gasteiger partial charge in [-0.3, -0.25) is 9.80 Å². The standard InChI is InChI=1S/C21H38N2O2/c1-17(2)23-15-21(16-23)6-4-5-19(25-21)13-18(3)22-10-7-20(14-22)8-11-24-12-9-20/h17-19H,4-16H2,1-3H3. The fourth-order valence-corrected chi connectivity index (χ4v) is 5.67. The smallest absolute Gasteiger partial charge is 0.0938 e. The maximum atomic E-state index is 6.67. The molecule has 4 nitrogen and oxygen atoms in total. The Labute approximate surface area is 154 Å². The number of hydrogen-bond donors (Lipinski definition) is 0. The van der Waals surface area contributed by atoms with Crippen LogP contribution in [0.25, 0.3) is 0 Å². The van der Waals surface area contributed by atoms with Crippen molar-refractivity contribution < 1.29 is 9.47 Å². The molecule has 4 fully saturated rings. The van der Waals surface area contributed by atoms with Crippen LogP contribution in [0.1, 0.15) is 65.7 Å². The van der Waals surface area contributed by atoms with Gasteiger partial charge in [0.2, 0.25) is 0 Å². The third kappa shape index (κ3) is 3.78. The maximum Gasteiger partial charge on any atom is 0.0938 e. The molecule has 4 saturated heterocycles. The molecule has 0 saturated carbocycles. The SMILES string of the molecule is CC(C)N1CC2(CCCC(CC(C)N3CCC4(CCOCC4)C3)O2)C1. The lowest BCUT2D eigenvalue weighted by Crippen LogP contribution is -2.67. The molecule has 0 aliphatic carbocycles. The fourth-order valence-electron chi connectivity index (χ4n) is 5.67. The lowest BCUT2D eigenvalue weighted by Gasteiger charge is -2.55. The zero-order valence-electron chi connectivity index (χ0n) is 16.6. The van der Waals surface area contributed by atoms with Crippen molar-refractivity contribution in [3.63, 3.8) is 0 Å². The van der Waals surface area contributed by atoms with Crippen LogP contribution < -0.4 is 0 Å². The first-order chi connectivity index (χ1) is 12.0. The monoisotopic (exact) mass is 350 g/mol. The molecule has 4 heterocycles. The van der Waals surface area contributed by atoms with Gasteiger partial charge in [-0.2, -0.15) is 0 Å². The largest absolute Gasteiger partial charge is 0.381 e. The summed E-state index contributed by atoms with van der Waals surface area (Å²) in [7, 11) is 0. The third-order valence-corrected chi connectivity index (χ3v) is 7.54. The van der Waals surface area contributed by atoms with Gasteiger partial charge in [-0.1, -0.05) is 0 Å². The van der Waals surface area contributed by atoms with Gasteiger partial charge in [-0.05, 0) is 77.7 Å². The van der Waals surface area contributed by atoms with Gasteiger partial charge in [0.05, 0.1) is 11.7 Å². The summed E-state index contributed by atoms with van der Waals surface area (Å²) in [6.45, 7) is 13.9. The minimum atomic E-state index is 0.194. The Morgan fingerprint density at radius 2 is 1.72 bits per heavy atom. The minimum Gasteiger partial charge on any atom is -0.381 e. The van der Waals surface area contributed by atoms with Crippen LogP contribution in [0.5, 0.6) is 0 Å². The van der Waals surface area contributed by atoms with Gasteiger partial charge >= 0.3 is 0 Å². The van der Waals surface area contributed by atoms with E-state index < -0.39 is 0 Å². The number of likely N-dealkylation sites (tertiary alicyclic amines) is 2.